The minimum Gasteiger partial charge on any atom is -0.493 e. The van der Waals surface area contributed by atoms with Crippen molar-refractivity contribution in [1.82, 2.24) is 9.88 Å². The number of ether oxygens (including phenoxy) is 1. The van der Waals surface area contributed by atoms with E-state index in [-0.39, 0.29) is 41.5 Å². The van der Waals surface area contributed by atoms with Crippen LogP contribution in [-0.4, -0.2) is 42.0 Å². The molecule has 2 atom stereocenters. The standard InChI is InChI=1S/C21H23F4N3O2/c1-13-6-7-15(11-27-18-10-14(8-9-26-18)21(23,24)25)28(12-13)20(29)16-4-3-5-17(22)19(16)30-2/h3-5,8-10,13,15H,6-7,11-12H2,1-2H3,(H,26,27)/t13-,15-/m0/s1. The van der Waals surface area contributed by atoms with Gasteiger partial charge < -0.3 is 15.0 Å². The van der Waals surface area contributed by atoms with Crippen LogP contribution in [0.1, 0.15) is 35.7 Å². The SMILES string of the molecule is COc1c(F)cccc1C(=O)N1C[C@@H](C)CC[C@H]1CNc1cc(C(F)(F)F)ccn1. The number of likely N-dealkylation sites (tertiary alicyclic amines) is 1. The van der Waals surface area contributed by atoms with Gasteiger partial charge in [-0.25, -0.2) is 9.37 Å². The molecule has 0 radical (unpaired) electrons. The minimum atomic E-state index is -4.46. The van der Waals surface area contributed by atoms with Gasteiger partial charge in [0.1, 0.15) is 5.82 Å². The van der Waals surface area contributed by atoms with Gasteiger partial charge in [-0.1, -0.05) is 13.0 Å². The van der Waals surface area contributed by atoms with E-state index in [0.717, 1.165) is 24.8 Å². The van der Waals surface area contributed by atoms with E-state index in [4.69, 9.17) is 4.74 Å². The molecule has 2 aromatic rings. The number of pyridine rings is 1. The number of alkyl halides is 3. The number of rotatable bonds is 5. The quantitative estimate of drug-likeness (QED) is 0.712. The van der Waals surface area contributed by atoms with Gasteiger partial charge in [-0.3, -0.25) is 4.79 Å². The third-order valence-corrected chi connectivity index (χ3v) is 5.21. The summed E-state index contributed by atoms with van der Waals surface area (Å²) in [4.78, 5) is 18.7. The number of benzene rings is 1. The van der Waals surface area contributed by atoms with Gasteiger partial charge in [0, 0.05) is 25.3 Å². The molecule has 1 aliphatic heterocycles. The van der Waals surface area contributed by atoms with E-state index in [9.17, 15) is 22.4 Å². The Morgan fingerprint density at radius 2 is 2.07 bits per heavy atom. The molecular weight excluding hydrogens is 402 g/mol. The van der Waals surface area contributed by atoms with E-state index in [1.807, 2.05) is 6.92 Å². The molecule has 1 aliphatic rings. The molecule has 2 heterocycles. The number of aromatic nitrogens is 1. The number of methoxy groups -OCH3 is 1. The van der Waals surface area contributed by atoms with Crippen LogP contribution in [-0.2, 0) is 6.18 Å². The van der Waals surface area contributed by atoms with Gasteiger partial charge in [-0.2, -0.15) is 13.2 Å². The molecule has 30 heavy (non-hydrogen) atoms. The lowest BCUT2D eigenvalue weighted by Crippen LogP contribution is -2.49. The van der Waals surface area contributed by atoms with Crippen molar-refractivity contribution in [2.24, 2.45) is 5.92 Å². The summed E-state index contributed by atoms with van der Waals surface area (Å²) in [5.41, 5.74) is -0.677. The highest BCUT2D eigenvalue weighted by Gasteiger charge is 2.33. The van der Waals surface area contributed by atoms with Crippen LogP contribution in [0.15, 0.2) is 36.5 Å². The number of halogens is 4. The molecule has 5 nitrogen and oxygen atoms in total. The average Bonchev–Trinajstić information content (AvgIpc) is 2.71. The lowest BCUT2D eigenvalue weighted by Gasteiger charge is -2.39. The Hall–Kier alpha value is -2.84. The van der Waals surface area contributed by atoms with E-state index < -0.39 is 17.6 Å². The van der Waals surface area contributed by atoms with Crippen LogP contribution >= 0.6 is 0 Å². The lowest BCUT2D eigenvalue weighted by molar-refractivity contribution is -0.137. The van der Waals surface area contributed by atoms with Gasteiger partial charge in [0.25, 0.3) is 5.91 Å². The molecule has 1 aromatic carbocycles. The average molecular weight is 425 g/mol. The molecule has 0 bridgehead atoms. The third-order valence-electron chi connectivity index (χ3n) is 5.21. The molecule has 1 fully saturated rings. The van der Waals surface area contributed by atoms with Crippen LogP contribution in [0.4, 0.5) is 23.4 Å². The van der Waals surface area contributed by atoms with Crippen molar-refractivity contribution in [2.45, 2.75) is 32.0 Å². The summed E-state index contributed by atoms with van der Waals surface area (Å²) >= 11 is 0. The zero-order valence-corrected chi connectivity index (χ0v) is 16.7. The van der Waals surface area contributed by atoms with Gasteiger partial charge in [0.15, 0.2) is 11.6 Å². The number of hydrogen-bond donors (Lipinski definition) is 1. The molecule has 0 saturated carbocycles. The molecule has 1 N–H and O–H groups in total. The Kier molecular flexibility index (Phi) is 6.48. The lowest BCUT2D eigenvalue weighted by atomic mass is 9.93. The van der Waals surface area contributed by atoms with Gasteiger partial charge in [-0.15, -0.1) is 0 Å². The fourth-order valence-electron chi connectivity index (χ4n) is 3.64. The number of nitrogens with one attached hydrogen (secondary N) is 1. The van der Waals surface area contributed by atoms with E-state index in [2.05, 4.69) is 10.3 Å². The monoisotopic (exact) mass is 425 g/mol. The number of carbonyl (C=O) groups excluding carboxylic acids is 1. The van der Waals surface area contributed by atoms with Crippen molar-refractivity contribution in [3.05, 3.63) is 53.5 Å². The number of anilines is 1. The first-order chi connectivity index (χ1) is 14.2. The maximum absolute atomic E-state index is 14.0. The van der Waals surface area contributed by atoms with Gasteiger partial charge in [-0.05, 0) is 43.0 Å². The number of amides is 1. The number of nitrogens with zero attached hydrogens (tertiary/aromatic N) is 2. The minimum absolute atomic E-state index is 0.0826. The number of para-hydroxylation sites is 1. The highest BCUT2D eigenvalue weighted by Crippen LogP contribution is 2.31. The predicted molar refractivity (Wildman–Crippen MR) is 104 cm³/mol. The number of piperidine rings is 1. The molecular formula is C21H23F4N3O2. The molecule has 9 heteroatoms. The maximum Gasteiger partial charge on any atom is 0.416 e. The topological polar surface area (TPSA) is 54.5 Å². The Morgan fingerprint density at radius 3 is 2.77 bits per heavy atom. The molecule has 0 unspecified atom stereocenters. The smallest absolute Gasteiger partial charge is 0.416 e. The van der Waals surface area contributed by atoms with Crippen molar-refractivity contribution in [2.75, 3.05) is 25.5 Å². The molecule has 1 amide bonds. The Balaban J connectivity index is 1.79. The maximum atomic E-state index is 14.0. The predicted octanol–water partition coefficient (Wildman–Crippen LogP) is 4.60. The summed E-state index contributed by atoms with van der Waals surface area (Å²) < 4.78 is 57.9. The first kappa shape index (κ1) is 21.9. The van der Waals surface area contributed by atoms with Crippen LogP contribution in [0.5, 0.6) is 5.75 Å². The van der Waals surface area contributed by atoms with Crippen molar-refractivity contribution in [1.29, 1.82) is 0 Å². The van der Waals surface area contributed by atoms with Crippen LogP contribution in [0.2, 0.25) is 0 Å². The molecule has 162 valence electrons. The Morgan fingerprint density at radius 1 is 1.30 bits per heavy atom. The first-order valence-electron chi connectivity index (χ1n) is 9.61. The summed E-state index contributed by atoms with van der Waals surface area (Å²) in [5, 5.41) is 2.91. The van der Waals surface area contributed by atoms with E-state index in [0.29, 0.717) is 13.0 Å². The summed E-state index contributed by atoms with van der Waals surface area (Å²) in [6.45, 7) is 2.70. The molecule has 3 rings (SSSR count). The van der Waals surface area contributed by atoms with Crippen LogP contribution in [0.25, 0.3) is 0 Å². The van der Waals surface area contributed by atoms with Crippen molar-refractivity contribution >= 4 is 11.7 Å². The van der Waals surface area contributed by atoms with Crippen molar-refractivity contribution in [3.63, 3.8) is 0 Å². The fraction of sp³-hybridized carbons (Fsp3) is 0.429. The number of hydrogen-bond acceptors (Lipinski definition) is 4. The molecule has 0 aliphatic carbocycles. The normalized spacial score (nSPS) is 19.5. The van der Waals surface area contributed by atoms with Gasteiger partial charge >= 0.3 is 6.18 Å². The summed E-state index contributed by atoms with van der Waals surface area (Å²) in [7, 11) is 1.30. The molecule has 0 spiro atoms. The van der Waals surface area contributed by atoms with Gasteiger partial charge in [0.2, 0.25) is 0 Å². The zero-order valence-electron chi connectivity index (χ0n) is 16.7. The number of carbonyl (C=O) groups is 1. The van der Waals surface area contributed by atoms with Crippen LogP contribution in [0.3, 0.4) is 0 Å². The largest absolute Gasteiger partial charge is 0.493 e. The van der Waals surface area contributed by atoms with E-state index in [1.54, 1.807) is 4.90 Å². The third kappa shape index (κ3) is 4.83. The van der Waals surface area contributed by atoms with E-state index >= 15 is 0 Å². The highest BCUT2D eigenvalue weighted by atomic mass is 19.4. The fourth-order valence-corrected chi connectivity index (χ4v) is 3.64. The summed E-state index contributed by atoms with van der Waals surface area (Å²) in [6, 6.07) is 5.72. The van der Waals surface area contributed by atoms with Crippen LogP contribution < -0.4 is 10.1 Å². The summed E-state index contributed by atoms with van der Waals surface area (Å²) in [6.07, 6.45) is -1.84. The first-order valence-corrected chi connectivity index (χ1v) is 9.61. The zero-order chi connectivity index (χ0) is 21.9. The Bertz CT molecular complexity index is 904. The second-order valence-electron chi connectivity index (χ2n) is 7.42. The highest BCUT2D eigenvalue weighted by molar-refractivity contribution is 5.97. The second kappa shape index (κ2) is 8.89. The van der Waals surface area contributed by atoms with Gasteiger partial charge in [0.05, 0.1) is 18.2 Å². The molecule has 1 saturated heterocycles. The van der Waals surface area contributed by atoms with Crippen molar-refractivity contribution < 1.29 is 27.1 Å². The second-order valence-corrected chi connectivity index (χ2v) is 7.42. The molecule has 1 aromatic heterocycles. The van der Waals surface area contributed by atoms with Crippen LogP contribution in [0, 0.1) is 11.7 Å². The summed E-state index contributed by atoms with van der Waals surface area (Å²) in [5.74, 6) is -0.791. The van der Waals surface area contributed by atoms with Crippen molar-refractivity contribution in [3.8, 4) is 5.75 Å². The van der Waals surface area contributed by atoms with E-state index in [1.165, 1.54) is 25.3 Å². The Labute approximate surface area is 172 Å².